The molecule has 8 nitrogen and oxygen atoms in total. The molecule has 0 bridgehead atoms. The van der Waals surface area contributed by atoms with Gasteiger partial charge < -0.3 is 25.6 Å². The molecular formula is C22H32N6O2. The summed E-state index contributed by atoms with van der Waals surface area (Å²) in [4.78, 5) is 25.5. The first-order valence-corrected chi connectivity index (χ1v) is 10.7. The first-order chi connectivity index (χ1) is 14.6. The number of amides is 1. The van der Waals surface area contributed by atoms with Crippen molar-refractivity contribution in [2.45, 2.75) is 26.7 Å². The lowest BCUT2D eigenvalue weighted by Gasteiger charge is -2.35. The second-order valence-corrected chi connectivity index (χ2v) is 7.35. The van der Waals surface area contributed by atoms with Gasteiger partial charge in [-0.3, -0.25) is 4.79 Å². The highest BCUT2D eigenvalue weighted by Crippen LogP contribution is 2.25. The van der Waals surface area contributed by atoms with Gasteiger partial charge in [0.05, 0.1) is 12.5 Å². The van der Waals surface area contributed by atoms with E-state index in [1.54, 1.807) is 0 Å². The molecule has 1 amide bonds. The molecule has 3 rings (SSSR count). The Morgan fingerprint density at radius 3 is 2.77 bits per heavy atom. The molecule has 162 valence electrons. The van der Waals surface area contributed by atoms with Crippen LogP contribution in [0.2, 0.25) is 0 Å². The number of benzene rings is 1. The Balaban J connectivity index is 1.59. The molecule has 0 radical (unpaired) electrons. The quantitative estimate of drug-likeness (QED) is 0.611. The lowest BCUT2D eigenvalue weighted by molar-refractivity contribution is -0.135. The molecule has 2 heterocycles. The van der Waals surface area contributed by atoms with Crippen molar-refractivity contribution in [3.63, 3.8) is 0 Å². The smallest absolute Gasteiger partial charge is 0.227 e. The summed E-state index contributed by atoms with van der Waals surface area (Å²) in [5.41, 5.74) is 5.95. The van der Waals surface area contributed by atoms with Crippen LogP contribution in [0, 0.1) is 5.92 Å². The van der Waals surface area contributed by atoms with Gasteiger partial charge in [-0.2, -0.15) is 9.97 Å². The lowest BCUT2D eigenvalue weighted by Crippen LogP contribution is -2.45. The fourth-order valence-corrected chi connectivity index (χ4v) is 3.75. The third-order valence-electron chi connectivity index (χ3n) is 5.32. The number of piperidine rings is 1. The van der Waals surface area contributed by atoms with Gasteiger partial charge in [0.1, 0.15) is 24.0 Å². The maximum atomic E-state index is 12.8. The molecular weight excluding hydrogens is 380 g/mol. The van der Waals surface area contributed by atoms with E-state index in [4.69, 9.17) is 10.5 Å². The normalized spacial score (nSPS) is 16.2. The van der Waals surface area contributed by atoms with E-state index in [2.05, 4.69) is 20.2 Å². The number of carbonyl (C=O) groups excluding carboxylic acids is 1. The molecule has 1 saturated heterocycles. The third-order valence-corrected chi connectivity index (χ3v) is 5.32. The van der Waals surface area contributed by atoms with Crippen molar-refractivity contribution < 1.29 is 9.53 Å². The molecule has 30 heavy (non-hydrogen) atoms. The molecule has 0 saturated carbocycles. The summed E-state index contributed by atoms with van der Waals surface area (Å²) in [6.45, 7) is 8.13. The van der Waals surface area contributed by atoms with Crippen LogP contribution in [0.5, 0.6) is 5.75 Å². The van der Waals surface area contributed by atoms with Gasteiger partial charge in [0.2, 0.25) is 11.9 Å². The fraction of sp³-hybridized carbons (Fsp3) is 0.500. The number of nitrogens with two attached hydrogens (primary N) is 1. The SMILES string of the molecule is CCN(CC)C(=O)C1CCCN(c2cc(NCCOc3ccccc3)nc(N)n2)C1. The average molecular weight is 413 g/mol. The molecule has 1 atom stereocenters. The summed E-state index contributed by atoms with van der Waals surface area (Å²) < 4.78 is 5.70. The molecule has 1 unspecified atom stereocenters. The van der Waals surface area contributed by atoms with E-state index in [0.29, 0.717) is 25.5 Å². The van der Waals surface area contributed by atoms with Crippen LogP contribution in [-0.2, 0) is 4.79 Å². The average Bonchev–Trinajstić information content (AvgIpc) is 2.78. The Morgan fingerprint density at radius 1 is 1.27 bits per heavy atom. The zero-order valence-electron chi connectivity index (χ0n) is 17.9. The summed E-state index contributed by atoms with van der Waals surface area (Å²) in [5, 5.41) is 3.25. The van der Waals surface area contributed by atoms with E-state index in [1.807, 2.05) is 55.1 Å². The van der Waals surface area contributed by atoms with Gasteiger partial charge >= 0.3 is 0 Å². The minimum Gasteiger partial charge on any atom is -0.492 e. The molecule has 0 aliphatic carbocycles. The molecule has 1 fully saturated rings. The minimum absolute atomic E-state index is 0.00878. The van der Waals surface area contributed by atoms with Crippen LogP contribution in [0.25, 0.3) is 0 Å². The van der Waals surface area contributed by atoms with E-state index in [1.165, 1.54) is 0 Å². The highest BCUT2D eigenvalue weighted by Gasteiger charge is 2.29. The number of para-hydroxylation sites is 1. The number of carbonyl (C=O) groups is 1. The van der Waals surface area contributed by atoms with Gasteiger partial charge in [0.25, 0.3) is 0 Å². The second kappa shape index (κ2) is 10.7. The fourth-order valence-electron chi connectivity index (χ4n) is 3.75. The molecule has 1 aromatic heterocycles. The molecule has 3 N–H and O–H groups in total. The minimum atomic E-state index is -0.00878. The van der Waals surface area contributed by atoms with E-state index >= 15 is 0 Å². The number of nitrogen functional groups attached to an aromatic ring is 1. The predicted octanol–water partition coefficient (Wildman–Crippen LogP) is 2.63. The van der Waals surface area contributed by atoms with Crippen LogP contribution in [0.3, 0.4) is 0 Å². The van der Waals surface area contributed by atoms with Crippen LogP contribution >= 0.6 is 0 Å². The van der Waals surface area contributed by atoms with Crippen molar-refractivity contribution >= 4 is 23.5 Å². The topological polar surface area (TPSA) is 96.6 Å². The Labute approximate surface area is 178 Å². The van der Waals surface area contributed by atoms with Crippen molar-refractivity contribution in [1.29, 1.82) is 0 Å². The number of nitrogens with zero attached hydrogens (tertiary/aromatic N) is 4. The van der Waals surface area contributed by atoms with Crippen LogP contribution in [0.1, 0.15) is 26.7 Å². The number of nitrogens with one attached hydrogen (secondary N) is 1. The van der Waals surface area contributed by atoms with E-state index in [9.17, 15) is 4.79 Å². The third kappa shape index (κ3) is 5.75. The van der Waals surface area contributed by atoms with Crippen LogP contribution in [0.15, 0.2) is 36.4 Å². The standard InChI is InChI=1S/C22H32N6O2/c1-3-27(4-2)21(29)17-9-8-13-28(16-17)20-15-19(25-22(23)26-20)24-12-14-30-18-10-6-5-7-11-18/h5-7,10-11,15,17H,3-4,8-9,12-14,16H2,1-2H3,(H3,23,24,25,26). The summed E-state index contributed by atoms with van der Waals surface area (Å²) in [6.07, 6.45) is 1.86. The van der Waals surface area contributed by atoms with E-state index < -0.39 is 0 Å². The number of hydrogen-bond acceptors (Lipinski definition) is 7. The zero-order valence-corrected chi connectivity index (χ0v) is 17.9. The molecule has 2 aromatic rings. The van der Waals surface area contributed by atoms with Crippen molar-refractivity contribution in [3.05, 3.63) is 36.4 Å². The van der Waals surface area contributed by atoms with Gasteiger partial charge in [0.15, 0.2) is 0 Å². The molecule has 0 spiro atoms. The monoisotopic (exact) mass is 412 g/mol. The van der Waals surface area contributed by atoms with Gasteiger partial charge in [-0.1, -0.05) is 18.2 Å². The zero-order chi connectivity index (χ0) is 21.3. The number of ether oxygens (including phenoxy) is 1. The maximum absolute atomic E-state index is 12.8. The predicted molar refractivity (Wildman–Crippen MR) is 120 cm³/mol. The highest BCUT2D eigenvalue weighted by molar-refractivity contribution is 5.79. The summed E-state index contributed by atoms with van der Waals surface area (Å²) in [5.74, 6) is 2.68. The van der Waals surface area contributed by atoms with Crippen LogP contribution in [0.4, 0.5) is 17.6 Å². The summed E-state index contributed by atoms with van der Waals surface area (Å²) >= 11 is 0. The number of rotatable bonds is 9. The van der Waals surface area contributed by atoms with Crippen molar-refractivity contribution in [3.8, 4) is 5.75 Å². The molecule has 1 aliphatic heterocycles. The summed E-state index contributed by atoms with van der Waals surface area (Å²) in [7, 11) is 0. The van der Waals surface area contributed by atoms with Crippen molar-refractivity contribution in [2.24, 2.45) is 5.92 Å². The Morgan fingerprint density at radius 2 is 2.03 bits per heavy atom. The maximum Gasteiger partial charge on any atom is 0.227 e. The second-order valence-electron chi connectivity index (χ2n) is 7.35. The van der Waals surface area contributed by atoms with Crippen molar-refractivity contribution in [2.75, 3.05) is 55.3 Å². The Kier molecular flexibility index (Phi) is 7.70. The first-order valence-electron chi connectivity index (χ1n) is 10.7. The molecule has 1 aromatic carbocycles. The van der Waals surface area contributed by atoms with Gasteiger partial charge in [0, 0.05) is 32.2 Å². The summed E-state index contributed by atoms with van der Waals surface area (Å²) in [6, 6.07) is 11.6. The number of aromatic nitrogens is 2. The van der Waals surface area contributed by atoms with Gasteiger partial charge in [-0.25, -0.2) is 0 Å². The van der Waals surface area contributed by atoms with Gasteiger partial charge in [-0.15, -0.1) is 0 Å². The highest BCUT2D eigenvalue weighted by atomic mass is 16.5. The molecule has 1 aliphatic rings. The Hall–Kier alpha value is -3.03. The van der Waals surface area contributed by atoms with Crippen LogP contribution < -0.4 is 20.7 Å². The molecule has 8 heteroatoms. The lowest BCUT2D eigenvalue weighted by atomic mass is 9.96. The van der Waals surface area contributed by atoms with Crippen molar-refractivity contribution in [1.82, 2.24) is 14.9 Å². The Bertz CT molecular complexity index is 813. The number of hydrogen-bond donors (Lipinski definition) is 2. The number of anilines is 3. The van der Waals surface area contributed by atoms with Crippen LogP contribution in [-0.4, -0.2) is 60.1 Å². The van der Waals surface area contributed by atoms with E-state index in [0.717, 1.165) is 44.0 Å². The first kappa shape index (κ1) is 21.7. The van der Waals surface area contributed by atoms with Gasteiger partial charge in [-0.05, 0) is 38.8 Å². The largest absolute Gasteiger partial charge is 0.492 e. The van der Waals surface area contributed by atoms with E-state index in [-0.39, 0.29) is 17.8 Å².